The van der Waals surface area contributed by atoms with Gasteiger partial charge >= 0.3 is 0 Å². The van der Waals surface area contributed by atoms with Crippen molar-refractivity contribution in [2.45, 2.75) is 55.2 Å². The van der Waals surface area contributed by atoms with Gasteiger partial charge in [0.1, 0.15) is 48.1 Å². The average molecular weight is 646 g/mol. The van der Waals surface area contributed by atoms with Crippen LogP contribution in [-0.2, 0) is 14.3 Å². The van der Waals surface area contributed by atoms with Crippen molar-refractivity contribution in [2.75, 3.05) is 18.1 Å². The summed E-state index contributed by atoms with van der Waals surface area (Å²) >= 11 is 0. The lowest BCUT2D eigenvalue weighted by Crippen LogP contribution is -2.60. The van der Waals surface area contributed by atoms with E-state index in [1.807, 2.05) is 18.2 Å². The van der Waals surface area contributed by atoms with Crippen LogP contribution >= 0.6 is 0 Å². The van der Waals surface area contributed by atoms with Crippen LogP contribution in [0.1, 0.15) is 41.4 Å². The number of phenols is 1. The summed E-state index contributed by atoms with van der Waals surface area (Å²) in [5, 5.41) is 62.0. The van der Waals surface area contributed by atoms with Gasteiger partial charge in [0.25, 0.3) is 5.91 Å². The molecule has 6 rings (SSSR count). The van der Waals surface area contributed by atoms with E-state index >= 15 is 0 Å². The highest BCUT2D eigenvalue weighted by atomic mass is 19.1. The summed E-state index contributed by atoms with van der Waals surface area (Å²) in [4.78, 5) is 14.9. The summed E-state index contributed by atoms with van der Waals surface area (Å²) in [6.07, 6.45) is -7.98. The highest BCUT2D eigenvalue weighted by molar-refractivity contribution is 6.05. The zero-order chi connectivity index (χ0) is 33.2. The standard InChI is InChI=1S/C36H36FNO9/c37-24-13-10-21(11-14-24)27(40)16-17-46-35-30(38(36(35)45)25-4-2-1-3-5-25)26-15-12-23(18-28(26)41)20-6-8-22(9-7-20)34-33(44)32(43)31(42)29(19-39)47-34/h1-15,18,27,29-35,39-44H,16-17,19H2/t27-,29+,30+,31+,32-,33+,34?,35+/m0/s1. The van der Waals surface area contributed by atoms with E-state index in [-0.39, 0.29) is 24.7 Å². The second-order valence-corrected chi connectivity index (χ2v) is 11.8. The summed E-state index contributed by atoms with van der Waals surface area (Å²) in [5.74, 6) is -0.749. The predicted octanol–water partition coefficient (Wildman–Crippen LogP) is 3.31. The van der Waals surface area contributed by atoms with Gasteiger partial charge in [-0.2, -0.15) is 0 Å². The minimum absolute atomic E-state index is 0.0493. The zero-order valence-electron chi connectivity index (χ0n) is 25.2. The van der Waals surface area contributed by atoms with Crippen molar-refractivity contribution < 1.29 is 49.3 Å². The molecule has 2 aliphatic heterocycles. The number of para-hydroxylation sites is 1. The summed E-state index contributed by atoms with van der Waals surface area (Å²) in [7, 11) is 0. The number of hydrogen-bond acceptors (Lipinski definition) is 9. The highest BCUT2D eigenvalue weighted by Gasteiger charge is 2.51. The number of nitrogens with zero attached hydrogens (tertiary/aromatic N) is 1. The maximum absolute atomic E-state index is 13.3. The van der Waals surface area contributed by atoms with Gasteiger partial charge in [-0.15, -0.1) is 0 Å². The molecule has 1 unspecified atom stereocenters. The fraction of sp³-hybridized carbons (Fsp3) is 0.306. The van der Waals surface area contributed by atoms with Crippen LogP contribution in [-0.4, -0.2) is 80.3 Å². The van der Waals surface area contributed by atoms with Gasteiger partial charge < -0.3 is 40.1 Å². The topological polar surface area (TPSA) is 160 Å². The SMILES string of the molecule is O=C1[C@H](OCC[C@H](O)c2ccc(F)cc2)[C@@H](c2ccc(-c3ccc(C4O[C@H](CO)[C@@H](O)[C@H](O)[C@H]4O)cc3)cc2O)N1c1ccccc1. The van der Waals surface area contributed by atoms with Gasteiger partial charge in [0, 0.05) is 17.7 Å². The maximum atomic E-state index is 13.3. The van der Waals surface area contributed by atoms with Crippen LogP contribution in [0.3, 0.4) is 0 Å². The average Bonchev–Trinajstić information content (AvgIpc) is 3.09. The zero-order valence-corrected chi connectivity index (χ0v) is 25.2. The first-order valence-corrected chi connectivity index (χ1v) is 15.3. The van der Waals surface area contributed by atoms with Crippen LogP contribution in [0, 0.1) is 5.82 Å². The smallest absolute Gasteiger partial charge is 0.259 e. The molecule has 0 saturated carbocycles. The molecule has 11 heteroatoms. The van der Waals surface area contributed by atoms with Gasteiger partial charge in [0.05, 0.1) is 19.3 Å². The van der Waals surface area contributed by atoms with Gasteiger partial charge in [-0.25, -0.2) is 4.39 Å². The van der Waals surface area contributed by atoms with Crippen molar-refractivity contribution in [1.29, 1.82) is 0 Å². The molecule has 6 N–H and O–H groups in total. The highest BCUT2D eigenvalue weighted by Crippen LogP contribution is 2.45. The Bertz CT molecular complexity index is 1670. The van der Waals surface area contributed by atoms with Crippen LogP contribution < -0.4 is 4.90 Å². The third-order valence-corrected chi connectivity index (χ3v) is 8.84. The second-order valence-electron chi connectivity index (χ2n) is 11.8. The molecule has 2 heterocycles. The van der Waals surface area contributed by atoms with Crippen molar-refractivity contribution >= 4 is 11.6 Å². The minimum Gasteiger partial charge on any atom is -0.508 e. The molecule has 10 nitrogen and oxygen atoms in total. The first-order chi connectivity index (χ1) is 22.7. The number of amides is 1. The van der Waals surface area contributed by atoms with E-state index < -0.39 is 61.2 Å². The normalized spacial score (nSPS) is 26.6. The van der Waals surface area contributed by atoms with E-state index in [0.717, 1.165) is 5.56 Å². The van der Waals surface area contributed by atoms with Crippen molar-refractivity contribution in [3.8, 4) is 16.9 Å². The van der Waals surface area contributed by atoms with E-state index in [1.54, 1.807) is 59.5 Å². The number of β-lactam (4-membered cyclic amide) rings is 1. The van der Waals surface area contributed by atoms with Crippen molar-refractivity contribution in [3.05, 3.63) is 120 Å². The first-order valence-electron chi connectivity index (χ1n) is 15.3. The van der Waals surface area contributed by atoms with Crippen molar-refractivity contribution in [3.63, 3.8) is 0 Å². The molecule has 0 aromatic heterocycles. The number of aliphatic hydroxyl groups is 5. The summed E-state index contributed by atoms with van der Waals surface area (Å²) in [5.41, 5.74) is 3.57. The second kappa shape index (κ2) is 13.9. The molecule has 4 aromatic carbocycles. The van der Waals surface area contributed by atoms with E-state index in [4.69, 9.17) is 9.47 Å². The molecule has 1 amide bonds. The largest absolute Gasteiger partial charge is 0.508 e. The van der Waals surface area contributed by atoms with Crippen LogP contribution in [0.25, 0.3) is 11.1 Å². The van der Waals surface area contributed by atoms with Gasteiger partial charge in [0.15, 0.2) is 6.10 Å². The molecule has 0 bridgehead atoms. The minimum atomic E-state index is -1.49. The Morgan fingerprint density at radius 2 is 1.53 bits per heavy atom. The van der Waals surface area contributed by atoms with Crippen LogP contribution in [0.4, 0.5) is 10.1 Å². The Kier molecular flexibility index (Phi) is 9.67. The van der Waals surface area contributed by atoms with Crippen molar-refractivity contribution in [2.24, 2.45) is 0 Å². The summed E-state index contributed by atoms with van der Waals surface area (Å²) in [6.45, 7) is -0.475. The Labute approximate surface area is 270 Å². The number of aliphatic hydroxyl groups excluding tert-OH is 5. The Balaban J connectivity index is 1.20. The lowest BCUT2D eigenvalue weighted by atomic mass is 9.87. The molecule has 0 spiro atoms. The molecule has 2 aliphatic rings. The van der Waals surface area contributed by atoms with Crippen LogP contribution in [0.5, 0.6) is 5.75 Å². The van der Waals surface area contributed by atoms with Crippen LogP contribution in [0.15, 0.2) is 97.1 Å². The number of aromatic hydroxyl groups is 1. The lowest BCUT2D eigenvalue weighted by molar-refractivity contribution is -0.231. The molecule has 2 saturated heterocycles. The number of rotatable bonds is 10. The number of anilines is 1. The monoisotopic (exact) mass is 645 g/mol. The van der Waals surface area contributed by atoms with Crippen molar-refractivity contribution in [1.82, 2.24) is 0 Å². The fourth-order valence-electron chi connectivity index (χ4n) is 6.18. The molecule has 8 atom stereocenters. The molecule has 0 aliphatic carbocycles. The molecule has 246 valence electrons. The number of benzene rings is 4. The molecule has 4 aromatic rings. The van der Waals surface area contributed by atoms with Gasteiger partial charge in [-0.3, -0.25) is 9.69 Å². The maximum Gasteiger partial charge on any atom is 0.259 e. The fourth-order valence-corrected chi connectivity index (χ4v) is 6.18. The quantitative estimate of drug-likeness (QED) is 0.142. The van der Waals surface area contributed by atoms with E-state index in [1.165, 1.54) is 24.3 Å². The number of phenolic OH excluding ortho intramolecular Hbond substituents is 1. The Morgan fingerprint density at radius 1 is 0.851 bits per heavy atom. The number of carbonyl (C=O) groups excluding carboxylic acids is 1. The van der Waals surface area contributed by atoms with Crippen LogP contribution in [0.2, 0.25) is 0 Å². The van der Waals surface area contributed by atoms with Gasteiger partial charge in [0.2, 0.25) is 0 Å². The van der Waals surface area contributed by atoms with E-state index in [2.05, 4.69) is 0 Å². The van der Waals surface area contributed by atoms with E-state index in [0.29, 0.717) is 27.9 Å². The molecule has 0 radical (unpaired) electrons. The predicted molar refractivity (Wildman–Crippen MR) is 169 cm³/mol. The van der Waals surface area contributed by atoms with Gasteiger partial charge in [-0.1, -0.05) is 66.7 Å². The molecular weight excluding hydrogens is 609 g/mol. The Morgan fingerprint density at radius 3 is 2.19 bits per heavy atom. The summed E-state index contributed by atoms with van der Waals surface area (Å²) < 4.78 is 24.9. The molecule has 2 fully saturated rings. The summed E-state index contributed by atoms with van der Waals surface area (Å²) in [6, 6.07) is 25.9. The molecular formula is C36H36FNO9. The third kappa shape index (κ3) is 6.52. The van der Waals surface area contributed by atoms with E-state index in [9.17, 15) is 39.8 Å². The van der Waals surface area contributed by atoms with Gasteiger partial charge in [-0.05, 0) is 52.6 Å². The number of carbonyl (C=O) groups is 1. The number of hydrogen-bond donors (Lipinski definition) is 6. The third-order valence-electron chi connectivity index (χ3n) is 8.84. The number of halogens is 1. The first kappa shape index (κ1) is 32.7. The lowest BCUT2D eigenvalue weighted by Gasteiger charge is -2.47. The Hall–Kier alpha value is -4.20. The molecule has 47 heavy (non-hydrogen) atoms. The number of ether oxygens (including phenoxy) is 2.